The lowest BCUT2D eigenvalue weighted by molar-refractivity contribution is -0.596. The second kappa shape index (κ2) is 9.11. The molecule has 2 aliphatic rings. The Morgan fingerprint density at radius 2 is 2.06 bits per heavy atom. The molecule has 10 nitrogen and oxygen atoms in total. The number of hydrogen-bond donors (Lipinski definition) is 1. The van der Waals surface area contributed by atoms with Gasteiger partial charge in [0, 0.05) is 48.0 Å². The standard InChI is InChI=1S/C22H21N7O3S2/c1-13-5-3-4-6-16(13)28-9-7-15(8-10-28)23-17-19(30)29-18(21(31)32)14(11-33-20(17)29)12-34-22-24-25-26-27(22)2/h3-10,17,20H,11-12H2,1-2H3,(H,31,32)/t17-,20-/m1/s1. The molecule has 1 amide bonds. The predicted octanol–water partition coefficient (Wildman–Crippen LogP) is 0.287. The number of aromatic nitrogens is 5. The minimum Gasteiger partial charge on any atom is -0.543 e. The van der Waals surface area contributed by atoms with Gasteiger partial charge in [-0.15, -0.1) is 16.9 Å². The summed E-state index contributed by atoms with van der Waals surface area (Å²) in [7, 11) is 1.71. The number of para-hydroxylation sites is 1. The summed E-state index contributed by atoms with van der Waals surface area (Å²) in [5, 5.41) is 26.7. The zero-order chi connectivity index (χ0) is 23.8. The average molecular weight is 496 g/mol. The Hall–Kier alpha value is -3.38. The van der Waals surface area contributed by atoms with E-state index < -0.39 is 12.0 Å². The van der Waals surface area contributed by atoms with E-state index in [0.29, 0.717) is 22.2 Å². The number of β-lactam (4-membered cyclic amide) rings is 1. The Labute approximate surface area is 204 Å². The number of nitrogens with zero attached hydrogens (tertiary/aromatic N) is 6. The van der Waals surface area contributed by atoms with Crippen LogP contribution in [0.3, 0.4) is 0 Å². The van der Waals surface area contributed by atoms with Gasteiger partial charge in [0.1, 0.15) is 11.4 Å². The summed E-state index contributed by atoms with van der Waals surface area (Å²) >= 11 is 2.86. The van der Waals surface area contributed by atoms with Gasteiger partial charge in [-0.2, -0.15) is 4.57 Å². The summed E-state index contributed by atoms with van der Waals surface area (Å²) in [5.74, 6) is -0.787. The highest BCUT2D eigenvalue weighted by atomic mass is 32.2. The zero-order valence-corrected chi connectivity index (χ0v) is 20.0. The fourth-order valence-electron chi connectivity index (χ4n) is 3.99. The second-order valence-corrected chi connectivity index (χ2v) is 9.97. The number of fused-ring (bicyclic) bond motifs is 1. The van der Waals surface area contributed by atoms with Gasteiger partial charge in [0.05, 0.1) is 11.7 Å². The maximum absolute atomic E-state index is 13.0. The van der Waals surface area contributed by atoms with Crippen LogP contribution in [0, 0.1) is 6.92 Å². The number of carbonyl (C=O) groups is 2. The summed E-state index contributed by atoms with van der Waals surface area (Å²) < 4.78 is 3.53. The van der Waals surface area contributed by atoms with Crippen LogP contribution in [0.4, 0.5) is 5.69 Å². The molecule has 0 spiro atoms. The Balaban J connectivity index is 1.29. The minimum atomic E-state index is -1.34. The highest BCUT2D eigenvalue weighted by Crippen LogP contribution is 2.42. The fourth-order valence-corrected chi connectivity index (χ4v) is 6.33. The monoisotopic (exact) mass is 495 g/mol. The molecule has 2 aromatic heterocycles. The van der Waals surface area contributed by atoms with Crippen molar-refractivity contribution >= 4 is 41.1 Å². The van der Waals surface area contributed by atoms with E-state index in [0.717, 1.165) is 16.9 Å². The van der Waals surface area contributed by atoms with Crippen molar-refractivity contribution in [3.8, 4) is 5.69 Å². The quantitative estimate of drug-likeness (QED) is 0.280. The number of tetrazole rings is 1. The maximum atomic E-state index is 13.0. The molecule has 4 heterocycles. The van der Waals surface area contributed by atoms with E-state index in [4.69, 9.17) is 0 Å². The largest absolute Gasteiger partial charge is 0.543 e. The van der Waals surface area contributed by atoms with Crippen LogP contribution in [0.25, 0.3) is 5.69 Å². The van der Waals surface area contributed by atoms with Crippen LogP contribution in [-0.2, 0) is 16.6 Å². The summed E-state index contributed by atoms with van der Waals surface area (Å²) in [5.41, 5.74) is 3.61. The van der Waals surface area contributed by atoms with Crippen molar-refractivity contribution in [2.45, 2.75) is 23.5 Å². The van der Waals surface area contributed by atoms with Crippen LogP contribution in [-0.4, -0.2) is 59.9 Å². The molecule has 5 rings (SSSR count). The molecule has 0 radical (unpaired) electrons. The molecule has 174 valence electrons. The average Bonchev–Trinajstić information content (AvgIpc) is 3.25. The highest BCUT2D eigenvalue weighted by molar-refractivity contribution is 8.01. The van der Waals surface area contributed by atoms with Crippen LogP contribution in [0.2, 0.25) is 0 Å². The second-order valence-electron chi connectivity index (χ2n) is 7.93. The van der Waals surface area contributed by atoms with Crippen molar-refractivity contribution in [1.82, 2.24) is 25.1 Å². The lowest BCUT2D eigenvalue weighted by Gasteiger charge is -2.51. The molecule has 0 bridgehead atoms. The molecule has 0 aliphatic carbocycles. The van der Waals surface area contributed by atoms with E-state index in [2.05, 4.69) is 33.8 Å². The highest BCUT2D eigenvalue weighted by Gasteiger charge is 2.52. The summed E-state index contributed by atoms with van der Waals surface area (Å²) in [6.07, 6.45) is 3.87. The number of carbonyl (C=O) groups excluding carboxylic acids is 2. The number of aliphatic carboxylic acids is 1. The van der Waals surface area contributed by atoms with Crippen molar-refractivity contribution in [2.24, 2.45) is 7.05 Å². The SMILES string of the molecule is Cc1ccccc1-[n+]1ccc(N[C@@H]2C(=O)N3C(C(=O)[O-])=C(CSc4nnnn4C)CS[C@H]23)cc1. The number of anilines is 1. The summed E-state index contributed by atoms with van der Waals surface area (Å²) in [6.45, 7) is 2.05. The van der Waals surface area contributed by atoms with Crippen LogP contribution in [0.5, 0.6) is 0 Å². The minimum absolute atomic E-state index is 0.0418. The number of carboxylic acid groups (broad SMARTS) is 1. The first-order valence-electron chi connectivity index (χ1n) is 10.5. The zero-order valence-electron chi connectivity index (χ0n) is 18.4. The lowest BCUT2D eigenvalue weighted by atomic mass is 10.0. The van der Waals surface area contributed by atoms with Gasteiger partial charge < -0.3 is 15.2 Å². The third kappa shape index (κ3) is 4.03. The number of carboxylic acids is 1. The first kappa shape index (κ1) is 22.4. The van der Waals surface area contributed by atoms with E-state index >= 15 is 0 Å². The van der Waals surface area contributed by atoms with Crippen LogP contribution >= 0.6 is 23.5 Å². The normalized spacial score (nSPS) is 19.6. The van der Waals surface area contributed by atoms with Crippen molar-refractivity contribution in [3.05, 3.63) is 65.6 Å². The molecule has 0 unspecified atom stereocenters. The summed E-state index contributed by atoms with van der Waals surface area (Å²) in [4.78, 5) is 26.2. The van der Waals surface area contributed by atoms with Gasteiger partial charge in [-0.3, -0.25) is 9.69 Å². The van der Waals surface area contributed by atoms with Gasteiger partial charge in [0.25, 0.3) is 5.91 Å². The molecular weight excluding hydrogens is 474 g/mol. The molecule has 34 heavy (non-hydrogen) atoms. The van der Waals surface area contributed by atoms with Gasteiger partial charge in [-0.1, -0.05) is 30.0 Å². The van der Waals surface area contributed by atoms with Gasteiger partial charge in [-0.25, -0.2) is 4.68 Å². The van der Waals surface area contributed by atoms with E-state index in [1.165, 1.54) is 33.1 Å². The van der Waals surface area contributed by atoms with Crippen molar-refractivity contribution in [1.29, 1.82) is 0 Å². The first-order chi connectivity index (χ1) is 16.4. The van der Waals surface area contributed by atoms with Crippen molar-refractivity contribution in [3.63, 3.8) is 0 Å². The topological polar surface area (TPSA) is 120 Å². The smallest absolute Gasteiger partial charge is 0.253 e. The first-order valence-corrected chi connectivity index (χ1v) is 12.5. The Morgan fingerprint density at radius 1 is 1.29 bits per heavy atom. The molecule has 12 heteroatoms. The third-order valence-electron chi connectivity index (χ3n) is 5.74. The lowest BCUT2D eigenvalue weighted by Crippen LogP contribution is -2.68. The molecule has 1 fully saturated rings. The molecular formula is C22H21N7O3S2. The number of rotatable bonds is 7. The number of benzene rings is 1. The maximum Gasteiger partial charge on any atom is 0.253 e. The molecule has 1 N–H and O–H groups in total. The molecule has 3 aromatic rings. The van der Waals surface area contributed by atoms with E-state index in [1.807, 2.05) is 47.3 Å². The molecule has 0 saturated carbocycles. The van der Waals surface area contributed by atoms with Gasteiger partial charge in [-0.05, 0) is 22.9 Å². The Morgan fingerprint density at radius 3 is 2.74 bits per heavy atom. The summed E-state index contributed by atoms with van der Waals surface area (Å²) in [6, 6.07) is 11.4. The van der Waals surface area contributed by atoms with Crippen LogP contribution < -0.4 is 15.0 Å². The van der Waals surface area contributed by atoms with E-state index in [9.17, 15) is 14.7 Å². The Bertz CT molecular complexity index is 1290. The van der Waals surface area contributed by atoms with Crippen molar-refractivity contribution < 1.29 is 19.3 Å². The van der Waals surface area contributed by atoms with Crippen molar-refractivity contribution in [2.75, 3.05) is 16.8 Å². The number of hydrogen-bond acceptors (Lipinski definition) is 9. The number of nitrogens with one attached hydrogen (secondary N) is 1. The number of pyridine rings is 1. The molecule has 2 atom stereocenters. The Kier molecular flexibility index (Phi) is 6.00. The van der Waals surface area contributed by atoms with Crippen LogP contribution in [0.15, 0.2) is 65.2 Å². The van der Waals surface area contributed by atoms with E-state index in [1.54, 1.807) is 7.05 Å². The van der Waals surface area contributed by atoms with Gasteiger partial charge in [0.2, 0.25) is 10.8 Å². The predicted molar refractivity (Wildman–Crippen MR) is 125 cm³/mol. The number of aryl methyl sites for hydroxylation is 2. The van der Waals surface area contributed by atoms with Gasteiger partial charge >= 0.3 is 0 Å². The fraction of sp³-hybridized carbons (Fsp3) is 0.273. The molecule has 2 aliphatic heterocycles. The van der Waals surface area contributed by atoms with Crippen LogP contribution in [0.1, 0.15) is 5.56 Å². The number of amides is 1. The number of thioether (sulfide) groups is 2. The van der Waals surface area contributed by atoms with Gasteiger partial charge in [0.15, 0.2) is 12.4 Å². The third-order valence-corrected chi connectivity index (χ3v) is 8.18. The molecule has 1 saturated heterocycles. The van der Waals surface area contributed by atoms with E-state index in [-0.39, 0.29) is 17.0 Å². The molecule has 1 aromatic carbocycles.